The molecule has 0 amide bonds. The monoisotopic (exact) mass is 435 g/mol. The number of methoxy groups -OCH3 is 1. The number of aliphatic carboxylic acids is 1. The van der Waals surface area contributed by atoms with Crippen LogP contribution in [0.15, 0.2) is 72.8 Å². The van der Waals surface area contributed by atoms with Crippen LogP contribution in [0.4, 0.5) is 4.39 Å². The Bertz CT molecular complexity index is 1070. The van der Waals surface area contributed by atoms with Crippen molar-refractivity contribution in [3.8, 4) is 11.5 Å². The summed E-state index contributed by atoms with van der Waals surface area (Å²) in [6.07, 6.45) is 1.34. The number of hydrogen-bond donors (Lipinski definition) is 1. The molecular weight excluding hydrogens is 409 g/mol. The molecule has 3 aromatic rings. The first-order chi connectivity index (χ1) is 15.6. The molecule has 1 heterocycles. The first-order valence-electron chi connectivity index (χ1n) is 10.7. The minimum atomic E-state index is -0.862. The van der Waals surface area contributed by atoms with Crippen molar-refractivity contribution in [2.24, 2.45) is 0 Å². The molecule has 1 aliphatic rings. The van der Waals surface area contributed by atoms with E-state index in [0.29, 0.717) is 36.6 Å². The SMILES string of the molecule is COc1cc(C(c2cccc(F)c2)N2CCCC2C(=O)O)ccc1OCc1ccccc1. The van der Waals surface area contributed by atoms with Crippen LogP contribution in [0.1, 0.15) is 35.6 Å². The minimum Gasteiger partial charge on any atom is -0.493 e. The maximum absolute atomic E-state index is 14.1. The number of likely N-dealkylation sites (tertiary alicyclic amines) is 1. The predicted molar refractivity (Wildman–Crippen MR) is 119 cm³/mol. The van der Waals surface area contributed by atoms with Gasteiger partial charge in [-0.1, -0.05) is 48.5 Å². The van der Waals surface area contributed by atoms with E-state index < -0.39 is 18.1 Å². The fourth-order valence-corrected chi connectivity index (χ4v) is 4.32. The summed E-state index contributed by atoms with van der Waals surface area (Å²) in [5.41, 5.74) is 2.57. The molecule has 1 fully saturated rings. The van der Waals surface area contributed by atoms with Gasteiger partial charge < -0.3 is 14.6 Å². The van der Waals surface area contributed by atoms with Crippen molar-refractivity contribution in [1.82, 2.24) is 4.90 Å². The third-order valence-corrected chi connectivity index (χ3v) is 5.82. The molecule has 0 aromatic heterocycles. The van der Waals surface area contributed by atoms with E-state index in [1.54, 1.807) is 13.2 Å². The molecule has 3 aromatic carbocycles. The molecule has 0 spiro atoms. The molecule has 166 valence electrons. The van der Waals surface area contributed by atoms with Crippen molar-refractivity contribution < 1.29 is 23.8 Å². The number of rotatable bonds is 8. The van der Waals surface area contributed by atoms with E-state index >= 15 is 0 Å². The number of nitrogens with zero attached hydrogens (tertiary/aromatic N) is 1. The lowest BCUT2D eigenvalue weighted by molar-refractivity contribution is -0.142. The molecular formula is C26H26FNO4. The Morgan fingerprint density at radius 1 is 1.06 bits per heavy atom. The maximum atomic E-state index is 14.1. The Morgan fingerprint density at radius 2 is 1.84 bits per heavy atom. The lowest BCUT2D eigenvalue weighted by atomic mass is 9.95. The number of carboxylic acid groups (broad SMARTS) is 1. The summed E-state index contributed by atoms with van der Waals surface area (Å²) in [6.45, 7) is 1.02. The van der Waals surface area contributed by atoms with Crippen LogP contribution >= 0.6 is 0 Å². The predicted octanol–water partition coefficient (Wildman–Crippen LogP) is 5.05. The normalized spacial score (nSPS) is 17.1. The lowest BCUT2D eigenvalue weighted by Gasteiger charge is -2.32. The average Bonchev–Trinajstić information content (AvgIpc) is 3.29. The number of halogens is 1. The van der Waals surface area contributed by atoms with Crippen LogP contribution in [0.5, 0.6) is 11.5 Å². The fraction of sp³-hybridized carbons (Fsp3) is 0.269. The number of carboxylic acids is 1. The van der Waals surface area contributed by atoms with Gasteiger partial charge in [0.15, 0.2) is 11.5 Å². The third-order valence-electron chi connectivity index (χ3n) is 5.82. The lowest BCUT2D eigenvalue weighted by Crippen LogP contribution is -2.39. The molecule has 1 N–H and O–H groups in total. The fourth-order valence-electron chi connectivity index (χ4n) is 4.32. The summed E-state index contributed by atoms with van der Waals surface area (Å²) in [7, 11) is 1.57. The molecule has 0 bridgehead atoms. The second kappa shape index (κ2) is 9.83. The highest BCUT2D eigenvalue weighted by Crippen LogP contribution is 2.39. The van der Waals surface area contributed by atoms with Crippen LogP contribution in [0.2, 0.25) is 0 Å². The van der Waals surface area contributed by atoms with Crippen molar-refractivity contribution in [3.63, 3.8) is 0 Å². The zero-order valence-corrected chi connectivity index (χ0v) is 17.9. The quantitative estimate of drug-likeness (QED) is 0.537. The highest BCUT2D eigenvalue weighted by molar-refractivity contribution is 5.74. The van der Waals surface area contributed by atoms with Crippen molar-refractivity contribution in [2.45, 2.75) is 31.5 Å². The first-order valence-corrected chi connectivity index (χ1v) is 10.7. The van der Waals surface area contributed by atoms with E-state index in [4.69, 9.17) is 9.47 Å². The van der Waals surface area contributed by atoms with Crippen LogP contribution in [-0.2, 0) is 11.4 Å². The van der Waals surface area contributed by atoms with Crippen molar-refractivity contribution in [1.29, 1.82) is 0 Å². The summed E-state index contributed by atoms with van der Waals surface area (Å²) < 4.78 is 25.6. The zero-order valence-electron chi connectivity index (χ0n) is 17.9. The standard InChI is InChI=1S/C26H26FNO4/c1-31-24-16-20(12-13-23(24)32-17-18-7-3-2-4-8-18)25(19-9-5-10-21(27)15-19)28-14-6-11-22(28)26(29)30/h2-5,7-10,12-13,15-16,22,25H,6,11,14,17H2,1H3,(H,29,30). The van der Waals surface area contributed by atoms with Crippen LogP contribution in [0, 0.1) is 5.82 Å². The molecule has 4 rings (SSSR count). The Hall–Kier alpha value is -3.38. The summed E-state index contributed by atoms with van der Waals surface area (Å²) in [4.78, 5) is 13.8. The van der Waals surface area contributed by atoms with Gasteiger partial charge in [0.2, 0.25) is 0 Å². The summed E-state index contributed by atoms with van der Waals surface area (Å²) in [5.74, 6) is -0.0766. The molecule has 1 aliphatic heterocycles. The number of hydrogen-bond acceptors (Lipinski definition) is 4. The van der Waals surface area contributed by atoms with Crippen molar-refractivity contribution in [3.05, 3.63) is 95.3 Å². The van der Waals surface area contributed by atoms with Gasteiger partial charge in [-0.3, -0.25) is 9.69 Å². The Kier molecular flexibility index (Phi) is 6.71. The molecule has 32 heavy (non-hydrogen) atoms. The molecule has 5 nitrogen and oxygen atoms in total. The van der Waals surface area contributed by atoms with Gasteiger partial charge in [0, 0.05) is 6.54 Å². The molecule has 0 radical (unpaired) electrons. The molecule has 2 atom stereocenters. The van der Waals surface area contributed by atoms with Gasteiger partial charge in [0.1, 0.15) is 18.5 Å². The highest BCUT2D eigenvalue weighted by atomic mass is 19.1. The number of benzene rings is 3. The van der Waals surface area contributed by atoms with Gasteiger partial charge in [0.05, 0.1) is 13.2 Å². The van der Waals surface area contributed by atoms with Gasteiger partial charge in [-0.05, 0) is 53.8 Å². The van der Waals surface area contributed by atoms with E-state index in [1.165, 1.54) is 12.1 Å². The number of carbonyl (C=O) groups is 1. The average molecular weight is 435 g/mol. The second-order valence-electron chi connectivity index (χ2n) is 7.88. The van der Waals surface area contributed by atoms with Crippen LogP contribution in [0.25, 0.3) is 0 Å². The summed E-state index contributed by atoms with van der Waals surface area (Å²) in [6, 6.07) is 20.7. The largest absolute Gasteiger partial charge is 0.493 e. The van der Waals surface area contributed by atoms with Crippen molar-refractivity contribution in [2.75, 3.05) is 13.7 Å². The zero-order chi connectivity index (χ0) is 22.5. The molecule has 6 heteroatoms. The van der Waals surface area contributed by atoms with Crippen molar-refractivity contribution >= 4 is 5.97 Å². The smallest absolute Gasteiger partial charge is 0.320 e. The van der Waals surface area contributed by atoms with E-state index in [-0.39, 0.29) is 5.82 Å². The van der Waals surface area contributed by atoms with Crippen LogP contribution in [-0.4, -0.2) is 35.7 Å². The molecule has 1 saturated heterocycles. The Labute approximate surface area is 187 Å². The van der Waals surface area contributed by atoms with Gasteiger partial charge in [0.25, 0.3) is 0 Å². The minimum absolute atomic E-state index is 0.353. The molecule has 0 aliphatic carbocycles. The van der Waals surface area contributed by atoms with E-state index in [2.05, 4.69) is 0 Å². The summed E-state index contributed by atoms with van der Waals surface area (Å²) in [5, 5.41) is 9.74. The molecule has 0 saturated carbocycles. The Morgan fingerprint density at radius 3 is 2.56 bits per heavy atom. The van der Waals surface area contributed by atoms with E-state index in [1.807, 2.05) is 59.5 Å². The van der Waals surface area contributed by atoms with Gasteiger partial charge in [-0.2, -0.15) is 0 Å². The van der Waals surface area contributed by atoms with Gasteiger partial charge >= 0.3 is 5.97 Å². The van der Waals surface area contributed by atoms with Crippen LogP contribution < -0.4 is 9.47 Å². The van der Waals surface area contributed by atoms with E-state index in [0.717, 1.165) is 17.5 Å². The second-order valence-corrected chi connectivity index (χ2v) is 7.88. The van der Waals surface area contributed by atoms with Gasteiger partial charge in [-0.15, -0.1) is 0 Å². The summed E-state index contributed by atoms with van der Waals surface area (Å²) >= 11 is 0. The Balaban J connectivity index is 1.68. The number of ether oxygens (including phenoxy) is 2. The molecule has 2 unspecified atom stereocenters. The topological polar surface area (TPSA) is 59.0 Å². The van der Waals surface area contributed by atoms with Crippen LogP contribution in [0.3, 0.4) is 0 Å². The first kappa shape index (κ1) is 21.8. The highest BCUT2D eigenvalue weighted by Gasteiger charge is 2.37. The maximum Gasteiger partial charge on any atom is 0.320 e. The van der Waals surface area contributed by atoms with E-state index in [9.17, 15) is 14.3 Å². The third kappa shape index (κ3) is 4.75. The van der Waals surface area contributed by atoms with Gasteiger partial charge in [-0.25, -0.2) is 4.39 Å².